The molecule has 0 saturated heterocycles. The fraction of sp³-hybridized carbons (Fsp3) is 0.241. The van der Waals surface area contributed by atoms with E-state index >= 15 is 0 Å². The van der Waals surface area contributed by atoms with Crippen LogP contribution in [0.2, 0.25) is 0 Å². The molecule has 5 rings (SSSR count). The first-order valence-corrected chi connectivity index (χ1v) is 11.9. The molecule has 1 amide bonds. The van der Waals surface area contributed by atoms with Crippen LogP contribution in [0.25, 0.3) is 10.9 Å². The lowest BCUT2D eigenvalue weighted by Gasteiger charge is -2.27. The number of carbonyl (C=O) groups excluding carboxylic acids is 2. The Morgan fingerprint density at radius 3 is 2.61 bits per heavy atom. The van der Waals surface area contributed by atoms with Gasteiger partial charge >= 0.3 is 0 Å². The van der Waals surface area contributed by atoms with Crippen LogP contribution < -0.4 is 4.74 Å². The van der Waals surface area contributed by atoms with E-state index in [-0.39, 0.29) is 11.3 Å². The van der Waals surface area contributed by atoms with Gasteiger partial charge in [-0.3, -0.25) is 9.59 Å². The van der Waals surface area contributed by atoms with Crippen molar-refractivity contribution in [1.82, 2.24) is 9.88 Å². The summed E-state index contributed by atoms with van der Waals surface area (Å²) in [5.74, 6) is -0.432. The van der Waals surface area contributed by atoms with E-state index in [1.807, 2.05) is 48.7 Å². The van der Waals surface area contributed by atoms with Gasteiger partial charge in [-0.15, -0.1) is 0 Å². The van der Waals surface area contributed by atoms with E-state index in [4.69, 9.17) is 9.15 Å². The molecule has 4 aromatic rings. The standard InChI is InChI=1S/C29H28N2O5/c1-17(2)18-6-8-19(9-7-18)26-25(27(32)24-5-4-14-36-24)28(33)29(34)31(26)13-12-20-16-30-23-11-10-21(35-3)15-22(20)23/h4-11,14-17,26,30,33H,12-13H2,1-3H3/t26-/m0/s1. The Hall–Kier alpha value is -4.26. The van der Waals surface area contributed by atoms with E-state index in [2.05, 4.69) is 18.8 Å². The molecule has 0 unspecified atom stereocenters. The van der Waals surface area contributed by atoms with Crippen LogP contribution in [-0.4, -0.2) is 40.3 Å². The van der Waals surface area contributed by atoms with Crippen molar-refractivity contribution in [3.05, 3.63) is 101 Å². The van der Waals surface area contributed by atoms with E-state index in [1.54, 1.807) is 18.1 Å². The van der Waals surface area contributed by atoms with Crippen molar-refractivity contribution in [3.8, 4) is 5.75 Å². The Balaban J connectivity index is 1.50. The van der Waals surface area contributed by atoms with Crippen molar-refractivity contribution < 1.29 is 23.8 Å². The molecule has 0 spiro atoms. The Labute approximate surface area is 209 Å². The second-order valence-electron chi connectivity index (χ2n) is 9.27. The number of carbonyl (C=O) groups is 2. The minimum atomic E-state index is -0.726. The maximum absolute atomic E-state index is 13.3. The van der Waals surface area contributed by atoms with Gasteiger partial charge in [0.1, 0.15) is 5.75 Å². The minimum absolute atomic E-state index is 0.0350. The van der Waals surface area contributed by atoms with Crippen LogP contribution >= 0.6 is 0 Å². The Morgan fingerprint density at radius 1 is 1.17 bits per heavy atom. The number of ether oxygens (including phenoxy) is 1. The highest BCUT2D eigenvalue weighted by Crippen LogP contribution is 2.39. The van der Waals surface area contributed by atoms with Crippen LogP contribution in [0, 0.1) is 0 Å². The number of nitrogens with one attached hydrogen (secondary N) is 1. The third-order valence-corrected chi connectivity index (χ3v) is 6.81. The molecule has 0 bridgehead atoms. The van der Waals surface area contributed by atoms with Gasteiger partial charge in [0.25, 0.3) is 5.91 Å². The van der Waals surface area contributed by atoms with E-state index in [9.17, 15) is 14.7 Å². The number of aromatic amines is 1. The molecule has 0 fully saturated rings. The number of aliphatic hydroxyl groups excluding tert-OH is 1. The lowest BCUT2D eigenvalue weighted by molar-refractivity contribution is -0.129. The molecule has 0 radical (unpaired) electrons. The third-order valence-electron chi connectivity index (χ3n) is 6.81. The van der Waals surface area contributed by atoms with Gasteiger partial charge < -0.3 is 24.1 Å². The summed E-state index contributed by atoms with van der Waals surface area (Å²) in [7, 11) is 1.62. The highest BCUT2D eigenvalue weighted by atomic mass is 16.5. The zero-order valence-electron chi connectivity index (χ0n) is 20.4. The Bertz CT molecular complexity index is 1440. The first kappa shape index (κ1) is 23.5. The van der Waals surface area contributed by atoms with Gasteiger partial charge in [-0.05, 0) is 59.4 Å². The fourth-order valence-electron chi connectivity index (χ4n) is 4.80. The molecule has 36 heavy (non-hydrogen) atoms. The SMILES string of the molecule is COc1ccc2[nH]cc(CCN3C(=O)C(O)=C(C(=O)c4ccco4)[C@@H]3c3ccc(C(C)C)cc3)c2c1. The van der Waals surface area contributed by atoms with E-state index < -0.39 is 23.5 Å². The number of Topliss-reactive ketones (excluding diaryl/α,β-unsaturated/α-hetero) is 1. The second kappa shape index (κ2) is 9.41. The Kier molecular flexibility index (Phi) is 6.14. The van der Waals surface area contributed by atoms with Gasteiger partial charge in [0.2, 0.25) is 5.78 Å². The molecule has 2 aromatic carbocycles. The molecule has 3 heterocycles. The third kappa shape index (κ3) is 4.06. The lowest BCUT2D eigenvalue weighted by Crippen LogP contribution is -2.33. The number of rotatable bonds is 8. The summed E-state index contributed by atoms with van der Waals surface area (Å²) in [4.78, 5) is 31.4. The molecular weight excluding hydrogens is 456 g/mol. The predicted molar refractivity (Wildman–Crippen MR) is 136 cm³/mol. The summed E-state index contributed by atoms with van der Waals surface area (Å²) >= 11 is 0. The molecule has 2 N–H and O–H groups in total. The Morgan fingerprint density at radius 2 is 1.94 bits per heavy atom. The summed E-state index contributed by atoms with van der Waals surface area (Å²) in [6.07, 6.45) is 3.84. The molecule has 7 heteroatoms. The number of benzene rings is 2. The van der Waals surface area contributed by atoms with Gasteiger partial charge in [0, 0.05) is 23.6 Å². The number of aromatic nitrogens is 1. The maximum Gasteiger partial charge on any atom is 0.290 e. The summed E-state index contributed by atoms with van der Waals surface area (Å²) < 4.78 is 10.7. The normalized spacial score (nSPS) is 15.9. The zero-order valence-corrected chi connectivity index (χ0v) is 20.4. The summed E-state index contributed by atoms with van der Waals surface area (Å²) in [5, 5.41) is 11.9. The van der Waals surface area contributed by atoms with Crippen LogP contribution in [0.4, 0.5) is 0 Å². The van der Waals surface area contributed by atoms with Crippen molar-refractivity contribution in [1.29, 1.82) is 0 Å². The summed E-state index contributed by atoms with van der Waals surface area (Å²) in [5.41, 5.74) is 3.92. The molecule has 184 valence electrons. The molecule has 0 saturated carbocycles. The number of amides is 1. The quantitative estimate of drug-likeness (QED) is 0.312. The smallest absolute Gasteiger partial charge is 0.290 e. The van der Waals surface area contributed by atoms with Crippen LogP contribution in [0.15, 0.2) is 82.8 Å². The zero-order chi connectivity index (χ0) is 25.4. The molecule has 1 aliphatic heterocycles. The molecule has 2 aromatic heterocycles. The van der Waals surface area contributed by atoms with Gasteiger partial charge in [-0.2, -0.15) is 0 Å². The highest BCUT2D eigenvalue weighted by Gasteiger charge is 2.44. The van der Waals surface area contributed by atoms with Gasteiger partial charge in [-0.1, -0.05) is 38.1 Å². The second-order valence-corrected chi connectivity index (χ2v) is 9.27. The number of nitrogens with zero attached hydrogens (tertiary/aromatic N) is 1. The van der Waals surface area contributed by atoms with Crippen molar-refractivity contribution in [2.75, 3.05) is 13.7 Å². The first-order valence-electron chi connectivity index (χ1n) is 11.9. The maximum atomic E-state index is 13.3. The average Bonchev–Trinajstić information content (AvgIpc) is 3.62. The highest BCUT2D eigenvalue weighted by molar-refractivity contribution is 6.15. The number of furan rings is 1. The molecule has 7 nitrogen and oxygen atoms in total. The molecule has 1 aliphatic rings. The number of aliphatic hydroxyl groups is 1. The summed E-state index contributed by atoms with van der Waals surface area (Å²) in [6, 6.07) is 16.1. The number of hydrogen-bond donors (Lipinski definition) is 2. The van der Waals surface area contributed by atoms with Crippen LogP contribution in [0.3, 0.4) is 0 Å². The predicted octanol–water partition coefficient (Wildman–Crippen LogP) is 5.71. The number of hydrogen-bond acceptors (Lipinski definition) is 5. The summed E-state index contributed by atoms with van der Waals surface area (Å²) in [6.45, 7) is 4.51. The topological polar surface area (TPSA) is 95.8 Å². The largest absolute Gasteiger partial charge is 0.503 e. The van der Waals surface area contributed by atoms with E-state index in [1.165, 1.54) is 12.3 Å². The minimum Gasteiger partial charge on any atom is -0.503 e. The number of ketones is 1. The van der Waals surface area contributed by atoms with Gasteiger partial charge in [0.05, 0.1) is 25.0 Å². The van der Waals surface area contributed by atoms with Crippen molar-refractivity contribution >= 4 is 22.6 Å². The van der Waals surface area contributed by atoms with E-state index in [0.717, 1.165) is 33.3 Å². The molecule has 1 atom stereocenters. The van der Waals surface area contributed by atoms with E-state index in [0.29, 0.717) is 18.9 Å². The van der Waals surface area contributed by atoms with Crippen molar-refractivity contribution in [2.45, 2.75) is 32.2 Å². The average molecular weight is 485 g/mol. The van der Waals surface area contributed by atoms with Crippen molar-refractivity contribution in [3.63, 3.8) is 0 Å². The van der Waals surface area contributed by atoms with Gasteiger partial charge in [-0.25, -0.2) is 0 Å². The van der Waals surface area contributed by atoms with Crippen molar-refractivity contribution in [2.24, 2.45) is 0 Å². The first-order chi connectivity index (χ1) is 17.4. The van der Waals surface area contributed by atoms with Crippen LogP contribution in [0.1, 0.15) is 53.1 Å². The van der Waals surface area contributed by atoms with Crippen LogP contribution in [0.5, 0.6) is 5.75 Å². The fourth-order valence-corrected chi connectivity index (χ4v) is 4.80. The van der Waals surface area contributed by atoms with Crippen LogP contribution in [-0.2, 0) is 11.2 Å². The lowest BCUT2D eigenvalue weighted by atomic mass is 9.92. The number of methoxy groups -OCH3 is 1. The number of fused-ring (bicyclic) bond motifs is 1. The van der Waals surface area contributed by atoms with Gasteiger partial charge in [0.15, 0.2) is 11.5 Å². The molecular formula is C29H28N2O5. The molecule has 0 aliphatic carbocycles. The number of H-pyrrole nitrogens is 1. The monoisotopic (exact) mass is 484 g/mol.